The van der Waals surface area contributed by atoms with Crippen molar-refractivity contribution in [3.8, 4) is 0 Å². The van der Waals surface area contributed by atoms with E-state index in [1.54, 1.807) is 19.3 Å². The van der Waals surface area contributed by atoms with Crippen molar-refractivity contribution in [1.82, 2.24) is 9.88 Å². The molecule has 2 rings (SSSR count). The number of imide groups is 1. The maximum absolute atomic E-state index is 11.8. The molecule has 0 saturated heterocycles. The number of nitro groups is 1. The molecule has 0 atom stereocenters. The molecule has 10 heteroatoms. The van der Waals surface area contributed by atoms with Gasteiger partial charge in [-0.15, -0.1) is 0 Å². The molecule has 1 aromatic carbocycles. The lowest BCUT2D eigenvalue weighted by molar-refractivity contribution is -0.384. The van der Waals surface area contributed by atoms with Gasteiger partial charge in [-0.1, -0.05) is 11.6 Å². The van der Waals surface area contributed by atoms with Crippen LogP contribution in [0.1, 0.15) is 20.8 Å². The highest BCUT2D eigenvalue weighted by Gasteiger charge is 2.19. The number of ether oxygens (including phenoxy) is 1. The third-order valence-corrected chi connectivity index (χ3v) is 3.46. The van der Waals surface area contributed by atoms with Crippen molar-refractivity contribution in [1.29, 1.82) is 0 Å². The van der Waals surface area contributed by atoms with Crippen LogP contribution in [-0.4, -0.2) is 33.9 Å². The van der Waals surface area contributed by atoms with Gasteiger partial charge in [-0.25, -0.2) is 4.79 Å². The van der Waals surface area contributed by atoms with Crippen molar-refractivity contribution < 1.29 is 24.0 Å². The van der Waals surface area contributed by atoms with Crippen LogP contribution in [-0.2, 0) is 16.6 Å². The highest BCUT2D eigenvalue weighted by Crippen LogP contribution is 2.25. The molecule has 1 aromatic heterocycles. The number of carbonyl (C=O) groups excluding carboxylic acids is 3. The molecule has 0 bridgehead atoms. The molecule has 130 valence electrons. The molecule has 0 spiro atoms. The van der Waals surface area contributed by atoms with Crippen LogP contribution < -0.4 is 5.32 Å². The van der Waals surface area contributed by atoms with E-state index in [0.29, 0.717) is 0 Å². The van der Waals surface area contributed by atoms with Gasteiger partial charge in [0.15, 0.2) is 6.61 Å². The highest BCUT2D eigenvalue weighted by molar-refractivity contribution is 6.32. The minimum absolute atomic E-state index is 0.132. The Hall–Kier alpha value is -3.20. The van der Waals surface area contributed by atoms with Crippen molar-refractivity contribution in [3.05, 3.63) is 62.9 Å². The smallest absolute Gasteiger partial charge is 0.338 e. The van der Waals surface area contributed by atoms with Gasteiger partial charge >= 0.3 is 5.97 Å². The van der Waals surface area contributed by atoms with E-state index < -0.39 is 35.0 Å². The van der Waals surface area contributed by atoms with E-state index in [0.717, 1.165) is 6.07 Å². The number of hydrogen-bond acceptors (Lipinski definition) is 6. The first-order chi connectivity index (χ1) is 11.8. The first-order valence-electron chi connectivity index (χ1n) is 6.86. The van der Waals surface area contributed by atoms with Crippen LogP contribution in [0.15, 0.2) is 36.5 Å². The first-order valence-corrected chi connectivity index (χ1v) is 7.24. The molecular weight excluding hydrogens is 354 g/mol. The summed E-state index contributed by atoms with van der Waals surface area (Å²) < 4.78 is 6.25. The number of amides is 2. The topological polar surface area (TPSA) is 121 Å². The second-order valence-corrected chi connectivity index (χ2v) is 5.29. The molecule has 2 amide bonds. The number of esters is 1. The number of carbonyl (C=O) groups is 3. The quantitative estimate of drug-likeness (QED) is 0.489. The zero-order chi connectivity index (χ0) is 18.6. The van der Waals surface area contributed by atoms with Crippen LogP contribution in [0.25, 0.3) is 0 Å². The van der Waals surface area contributed by atoms with Gasteiger partial charge in [0.1, 0.15) is 10.7 Å². The minimum atomic E-state index is -0.957. The van der Waals surface area contributed by atoms with Gasteiger partial charge in [0, 0.05) is 19.3 Å². The van der Waals surface area contributed by atoms with Gasteiger partial charge in [-0.05, 0) is 24.3 Å². The monoisotopic (exact) mass is 365 g/mol. The van der Waals surface area contributed by atoms with Crippen LogP contribution in [0.2, 0.25) is 5.02 Å². The van der Waals surface area contributed by atoms with Gasteiger partial charge < -0.3 is 9.30 Å². The third kappa shape index (κ3) is 4.42. The van der Waals surface area contributed by atoms with Crippen molar-refractivity contribution in [3.63, 3.8) is 0 Å². The van der Waals surface area contributed by atoms with Crippen molar-refractivity contribution in [2.75, 3.05) is 6.61 Å². The Morgan fingerprint density at radius 3 is 2.64 bits per heavy atom. The standard InChI is InChI=1S/C15H12ClN3O6/c1-18-6-2-3-11(18)14(21)17-13(20)8-25-15(22)9-4-5-10(16)12(7-9)19(23)24/h2-7H,8H2,1H3,(H,17,20,21). The molecule has 0 radical (unpaired) electrons. The van der Waals surface area contributed by atoms with Crippen molar-refractivity contribution >= 4 is 35.1 Å². The van der Waals surface area contributed by atoms with Gasteiger partial charge in [-0.3, -0.25) is 25.0 Å². The molecule has 0 aliphatic heterocycles. The van der Waals surface area contributed by atoms with Gasteiger partial charge in [0.05, 0.1) is 10.5 Å². The van der Waals surface area contributed by atoms with E-state index in [1.807, 2.05) is 0 Å². The maximum Gasteiger partial charge on any atom is 0.338 e. The number of nitrogens with zero attached hydrogens (tertiary/aromatic N) is 2. The molecule has 0 aliphatic carbocycles. The predicted octanol–water partition coefficient (Wildman–Crippen LogP) is 1.70. The lowest BCUT2D eigenvalue weighted by Crippen LogP contribution is -2.35. The summed E-state index contributed by atoms with van der Waals surface area (Å²) >= 11 is 5.64. The summed E-state index contributed by atoms with van der Waals surface area (Å²) in [7, 11) is 1.63. The average molecular weight is 366 g/mol. The number of benzene rings is 1. The van der Waals surface area contributed by atoms with E-state index in [9.17, 15) is 24.5 Å². The lowest BCUT2D eigenvalue weighted by Gasteiger charge is -2.07. The zero-order valence-electron chi connectivity index (χ0n) is 12.9. The van der Waals surface area contributed by atoms with Crippen LogP contribution in [0.4, 0.5) is 5.69 Å². The summed E-state index contributed by atoms with van der Waals surface area (Å²) in [4.78, 5) is 45.4. The molecular formula is C15H12ClN3O6. The predicted molar refractivity (Wildman–Crippen MR) is 86.3 cm³/mol. The number of nitrogens with one attached hydrogen (secondary N) is 1. The Morgan fingerprint density at radius 1 is 1.32 bits per heavy atom. The summed E-state index contributed by atoms with van der Waals surface area (Å²) in [5.74, 6) is -2.43. The Morgan fingerprint density at radius 2 is 2.04 bits per heavy atom. The summed E-state index contributed by atoms with van der Waals surface area (Å²) in [6.45, 7) is -0.717. The molecule has 0 saturated carbocycles. The minimum Gasteiger partial charge on any atom is -0.452 e. The van der Waals surface area contributed by atoms with Crippen LogP contribution in [0, 0.1) is 10.1 Å². The third-order valence-electron chi connectivity index (χ3n) is 3.14. The van der Waals surface area contributed by atoms with Crippen molar-refractivity contribution in [2.45, 2.75) is 0 Å². The Kier molecular flexibility index (Phi) is 5.50. The maximum atomic E-state index is 11.8. The van der Waals surface area contributed by atoms with E-state index in [-0.39, 0.29) is 16.3 Å². The lowest BCUT2D eigenvalue weighted by atomic mass is 10.2. The molecule has 9 nitrogen and oxygen atoms in total. The summed E-state index contributed by atoms with van der Waals surface area (Å²) in [6, 6.07) is 6.49. The Balaban J connectivity index is 1.94. The number of rotatable bonds is 5. The van der Waals surface area contributed by atoms with E-state index in [1.165, 1.54) is 22.8 Å². The second kappa shape index (κ2) is 7.58. The zero-order valence-corrected chi connectivity index (χ0v) is 13.6. The fourth-order valence-corrected chi connectivity index (χ4v) is 2.10. The Labute approximate surface area is 146 Å². The fourth-order valence-electron chi connectivity index (χ4n) is 1.92. The SMILES string of the molecule is Cn1cccc1C(=O)NC(=O)COC(=O)c1ccc(Cl)c([N+](=O)[O-])c1. The van der Waals surface area contributed by atoms with Crippen LogP contribution in [0.5, 0.6) is 0 Å². The van der Waals surface area contributed by atoms with Crippen LogP contribution in [0.3, 0.4) is 0 Å². The van der Waals surface area contributed by atoms with Gasteiger partial charge in [-0.2, -0.15) is 0 Å². The highest BCUT2D eigenvalue weighted by atomic mass is 35.5. The van der Waals surface area contributed by atoms with Gasteiger partial charge in [0.25, 0.3) is 17.5 Å². The normalized spacial score (nSPS) is 10.2. The first kappa shape index (κ1) is 18.1. The molecule has 0 unspecified atom stereocenters. The molecule has 0 fully saturated rings. The van der Waals surface area contributed by atoms with Crippen LogP contribution >= 0.6 is 11.6 Å². The van der Waals surface area contributed by atoms with Crippen molar-refractivity contribution in [2.24, 2.45) is 7.05 Å². The number of hydrogen-bond donors (Lipinski definition) is 1. The van der Waals surface area contributed by atoms with Gasteiger partial charge in [0.2, 0.25) is 0 Å². The number of aromatic nitrogens is 1. The Bertz CT molecular complexity index is 861. The number of halogens is 1. The second-order valence-electron chi connectivity index (χ2n) is 4.88. The van der Waals surface area contributed by atoms with E-state index in [4.69, 9.17) is 16.3 Å². The number of aryl methyl sites for hydroxylation is 1. The summed E-state index contributed by atoms with van der Waals surface area (Å²) in [6.07, 6.45) is 1.63. The summed E-state index contributed by atoms with van der Waals surface area (Å²) in [5.41, 5.74) is -0.342. The molecule has 1 heterocycles. The average Bonchev–Trinajstić information content (AvgIpc) is 2.99. The number of nitro benzene ring substituents is 1. The van der Waals surface area contributed by atoms with E-state index >= 15 is 0 Å². The summed E-state index contributed by atoms with van der Waals surface area (Å²) in [5, 5.41) is 12.7. The van der Waals surface area contributed by atoms with E-state index in [2.05, 4.69) is 5.32 Å². The molecule has 25 heavy (non-hydrogen) atoms. The fraction of sp³-hybridized carbons (Fsp3) is 0.133. The molecule has 2 aromatic rings. The largest absolute Gasteiger partial charge is 0.452 e. The molecule has 0 aliphatic rings. The molecule has 1 N–H and O–H groups in total.